The first-order valence-corrected chi connectivity index (χ1v) is 6.15. The van der Waals surface area contributed by atoms with Gasteiger partial charge in [-0.25, -0.2) is 9.80 Å². The molecular formula is C12H14IN2O+. The van der Waals surface area contributed by atoms with Gasteiger partial charge in [0.1, 0.15) is 10.6 Å². The fourth-order valence-electron chi connectivity index (χ4n) is 1.93. The summed E-state index contributed by atoms with van der Waals surface area (Å²) >= 11 is 2.12. The minimum absolute atomic E-state index is 0.131. The summed E-state index contributed by atoms with van der Waals surface area (Å²) in [5, 5.41) is 2.00. The highest BCUT2D eigenvalue weighted by molar-refractivity contribution is 14.1. The summed E-state index contributed by atoms with van der Waals surface area (Å²) in [4.78, 5) is 12.3. The van der Waals surface area contributed by atoms with Crippen LogP contribution in [0.4, 0.5) is 5.69 Å². The summed E-state index contributed by atoms with van der Waals surface area (Å²) in [6.07, 6.45) is 0. The molecular weight excluding hydrogens is 317 g/mol. The van der Waals surface area contributed by atoms with E-state index in [1.54, 1.807) is 0 Å². The van der Waals surface area contributed by atoms with E-state index < -0.39 is 0 Å². The molecule has 1 unspecified atom stereocenters. The van der Waals surface area contributed by atoms with Gasteiger partial charge < -0.3 is 0 Å². The number of halogens is 1. The second-order valence-electron chi connectivity index (χ2n) is 4.02. The number of rotatable bonds is 1. The Morgan fingerprint density at radius 1 is 1.31 bits per heavy atom. The zero-order valence-electron chi connectivity index (χ0n) is 9.57. The molecule has 0 saturated carbocycles. The van der Waals surface area contributed by atoms with Crippen molar-refractivity contribution in [3.63, 3.8) is 0 Å². The molecule has 2 rings (SSSR count). The highest BCUT2D eigenvalue weighted by Crippen LogP contribution is 2.36. The predicted molar refractivity (Wildman–Crippen MR) is 73.7 cm³/mol. The molecule has 1 aromatic rings. The minimum atomic E-state index is 0.131. The second kappa shape index (κ2) is 3.85. The highest BCUT2D eigenvalue weighted by atomic mass is 127. The second-order valence-corrected chi connectivity index (χ2v) is 5.10. The summed E-state index contributed by atoms with van der Waals surface area (Å²) < 4.78 is 1.01. The van der Waals surface area contributed by atoms with Gasteiger partial charge in [-0.3, -0.25) is 0 Å². The number of carbonyl (C=O) groups is 1. The summed E-state index contributed by atoms with van der Waals surface area (Å²) in [5.41, 5.74) is 2.01. The molecule has 1 heterocycles. The fourth-order valence-corrected chi connectivity index (χ4v) is 2.75. The number of carbonyl (C=O) groups excluding carboxylic acids is 1. The van der Waals surface area contributed by atoms with Gasteiger partial charge in [0, 0.05) is 12.1 Å². The number of benzene rings is 1. The summed E-state index contributed by atoms with van der Waals surface area (Å²) in [7, 11) is 3.87. The number of nitrogens with zero attached hydrogens (tertiary/aromatic N) is 2. The molecule has 1 aliphatic heterocycles. The number of amides is 1. The highest BCUT2D eigenvalue weighted by Gasteiger charge is 2.48. The molecule has 1 aliphatic rings. The third-order valence-corrected chi connectivity index (χ3v) is 4.49. The zero-order valence-corrected chi connectivity index (χ0v) is 11.7. The molecule has 0 bridgehead atoms. The van der Waals surface area contributed by atoms with Crippen molar-refractivity contribution in [1.29, 1.82) is 0 Å². The summed E-state index contributed by atoms with van der Waals surface area (Å²) in [5.74, 6) is 0.131. The fraction of sp³-hybridized carbons (Fsp3) is 0.250. The topological polar surface area (TPSA) is 20.3 Å². The van der Waals surface area contributed by atoms with Crippen molar-refractivity contribution in [2.45, 2.75) is 6.92 Å². The van der Waals surface area contributed by atoms with Crippen LogP contribution in [0.1, 0.15) is 6.92 Å². The average molecular weight is 331 g/mol. The molecule has 0 radical (unpaired) electrons. The van der Waals surface area contributed by atoms with Gasteiger partial charge in [0.15, 0.2) is 5.69 Å². The Morgan fingerprint density at radius 3 is 2.31 bits per heavy atom. The first-order valence-electron chi connectivity index (χ1n) is 5.07. The Bertz CT molecular complexity index is 469. The number of hydrogen-bond donors (Lipinski definition) is 0. The number of quaternary nitrogens is 1. The Labute approximate surface area is 109 Å². The van der Waals surface area contributed by atoms with Gasteiger partial charge in [0.2, 0.25) is 0 Å². The van der Waals surface area contributed by atoms with Crippen molar-refractivity contribution in [1.82, 2.24) is 9.60 Å². The molecule has 0 N–H and O–H groups in total. The quantitative estimate of drug-likeness (QED) is 0.583. The van der Waals surface area contributed by atoms with Gasteiger partial charge in [-0.15, -0.1) is 4.59 Å². The number of allylic oxidation sites excluding steroid dienone is 1. The smallest absolute Gasteiger partial charge is 0.222 e. The SMILES string of the molecule is CC1=C(I)C(=O)[N+]([14CH3])(c2ccccc2)N1C. The lowest BCUT2D eigenvalue weighted by atomic mass is 10.3. The van der Waals surface area contributed by atoms with Crippen LogP contribution in [-0.4, -0.2) is 25.0 Å². The van der Waals surface area contributed by atoms with E-state index in [2.05, 4.69) is 22.6 Å². The van der Waals surface area contributed by atoms with E-state index in [-0.39, 0.29) is 10.5 Å². The standard InChI is InChI=1S/C12H14IN2O/c1-9-11(13)12(16)15(3,14(9)2)10-7-5-4-6-8-10/h4-8H,1-3H3/q+1/i3+2. The lowest BCUT2D eigenvalue weighted by Gasteiger charge is -2.33. The zero-order chi connectivity index (χ0) is 11.9. The summed E-state index contributed by atoms with van der Waals surface area (Å²) in [6, 6.07) is 9.84. The predicted octanol–water partition coefficient (Wildman–Crippen LogP) is 2.68. The maximum atomic E-state index is 12.3. The molecule has 3 nitrogen and oxygen atoms in total. The molecule has 1 aromatic carbocycles. The molecule has 1 atom stereocenters. The van der Waals surface area contributed by atoms with Crippen LogP contribution < -0.4 is 4.59 Å². The van der Waals surface area contributed by atoms with Crippen LogP contribution in [0.25, 0.3) is 0 Å². The van der Waals surface area contributed by atoms with E-state index in [1.807, 2.05) is 56.4 Å². The van der Waals surface area contributed by atoms with E-state index in [9.17, 15) is 4.79 Å². The molecule has 16 heavy (non-hydrogen) atoms. The van der Waals surface area contributed by atoms with Gasteiger partial charge in [0.05, 0.1) is 12.7 Å². The largest absolute Gasteiger partial charge is 0.383 e. The van der Waals surface area contributed by atoms with Crippen molar-refractivity contribution >= 4 is 34.2 Å². The molecule has 0 spiro atoms. The molecule has 0 aromatic heterocycles. The van der Waals surface area contributed by atoms with Gasteiger partial charge >= 0.3 is 5.91 Å². The van der Waals surface area contributed by atoms with Crippen LogP contribution in [0.3, 0.4) is 0 Å². The molecule has 4 heteroatoms. The van der Waals surface area contributed by atoms with Gasteiger partial charge in [-0.2, -0.15) is 0 Å². The third kappa shape index (κ3) is 1.40. The lowest BCUT2D eigenvalue weighted by Crippen LogP contribution is -2.56. The minimum Gasteiger partial charge on any atom is -0.222 e. The number of hydrogen-bond acceptors (Lipinski definition) is 2. The van der Waals surface area contributed by atoms with Gasteiger partial charge in [-0.05, 0) is 29.5 Å². The van der Waals surface area contributed by atoms with Crippen LogP contribution in [-0.2, 0) is 4.79 Å². The first kappa shape index (κ1) is 11.6. The monoisotopic (exact) mass is 331 g/mol. The Kier molecular flexibility index (Phi) is 2.79. The Balaban J connectivity index is 2.54. The van der Waals surface area contributed by atoms with Gasteiger partial charge in [0.25, 0.3) is 0 Å². The summed E-state index contributed by atoms with van der Waals surface area (Å²) in [6.45, 7) is 1.98. The number of likely N-dealkylation sites (N-methyl/N-ethyl adjacent to an activating group) is 1. The van der Waals surface area contributed by atoms with Gasteiger partial charge in [-0.1, -0.05) is 18.2 Å². The van der Waals surface area contributed by atoms with Crippen LogP contribution in [0.5, 0.6) is 0 Å². The van der Waals surface area contributed by atoms with Crippen LogP contribution in [0.2, 0.25) is 0 Å². The van der Waals surface area contributed by atoms with E-state index in [1.165, 1.54) is 0 Å². The molecule has 0 fully saturated rings. The van der Waals surface area contributed by atoms with Crippen molar-refractivity contribution < 1.29 is 4.79 Å². The van der Waals surface area contributed by atoms with E-state index in [0.717, 1.165) is 15.0 Å². The average Bonchev–Trinajstić information content (AvgIpc) is 2.47. The molecule has 0 aliphatic carbocycles. The number of para-hydroxylation sites is 1. The maximum Gasteiger partial charge on any atom is 0.383 e. The van der Waals surface area contributed by atoms with Crippen molar-refractivity contribution in [2.75, 3.05) is 14.1 Å². The van der Waals surface area contributed by atoms with Crippen LogP contribution in [0, 0.1) is 0 Å². The van der Waals surface area contributed by atoms with Crippen molar-refractivity contribution in [3.05, 3.63) is 39.6 Å². The molecule has 0 saturated heterocycles. The van der Waals surface area contributed by atoms with E-state index >= 15 is 0 Å². The Hall–Kier alpha value is -0.880. The normalized spacial score (nSPS) is 25.5. The first-order chi connectivity index (χ1) is 7.49. The Morgan fingerprint density at radius 2 is 1.88 bits per heavy atom. The van der Waals surface area contributed by atoms with E-state index in [4.69, 9.17) is 0 Å². The van der Waals surface area contributed by atoms with Crippen LogP contribution in [0.15, 0.2) is 39.6 Å². The van der Waals surface area contributed by atoms with Crippen molar-refractivity contribution in [3.8, 4) is 0 Å². The molecule has 1 amide bonds. The third-order valence-electron chi connectivity index (χ3n) is 3.25. The lowest BCUT2D eigenvalue weighted by molar-refractivity contribution is -0.131. The van der Waals surface area contributed by atoms with Crippen molar-refractivity contribution in [2.24, 2.45) is 0 Å². The maximum absolute atomic E-state index is 12.3. The van der Waals surface area contributed by atoms with Crippen LogP contribution >= 0.6 is 22.6 Å². The molecule has 84 valence electrons. The van der Waals surface area contributed by atoms with E-state index in [0.29, 0.717) is 0 Å².